The third-order valence-electron chi connectivity index (χ3n) is 3.65. The summed E-state index contributed by atoms with van der Waals surface area (Å²) in [7, 11) is 1.63. The van der Waals surface area contributed by atoms with Crippen molar-refractivity contribution in [1.29, 1.82) is 0 Å². The number of nitrogens with one attached hydrogen (secondary N) is 2. The van der Waals surface area contributed by atoms with Gasteiger partial charge in [-0.2, -0.15) is 0 Å². The maximum absolute atomic E-state index is 12.2. The Bertz CT molecular complexity index is 842. The highest BCUT2D eigenvalue weighted by molar-refractivity contribution is 7.14. The molecular weight excluding hydrogens is 334 g/mol. The second kappa shape index (κ2) is 7.81. The Morgan fingerprint density at radius 1 is 1.12 bits per heavy atom. The van der Waals surface area contributed by atoms with Crippen molar-refractivity contribution in [3.05, 3.63) is 70.7 Å². The molecule has 3 rings (SSSR count). The van der Waals surface area contributed by atoms with Crippen LogP contribution in [-0.2, 0) is 6.54 Å². The van der Waals surface area contributed by atoms with E-state index in [1.54, 1.807) is 12.5 Å². The minimum Gasteiger partial charge on any atom is -0.497 e. The SMILES string of the molecule is COc1ccc(CNC(=O)c2csc(Nc3ccc(C)cc3)n2)cc1. The molecule has 1 aromatic heterocycles. The Kier molecular flexibility index (Phi) is 5.30. The second-order valence-electron chi connectivity index (χ2n) is 5.56. The summed E-state index contributed by atoms with van der Waals surface area (Å²) in [5.41, 5.74) is 3.56. The van der Waals surface area contributed by atoms with Gasteiger partial charge in [-0.05, 0) is 36.8 Å². The Hall–Kier alpha value is -2.86. The zero-order valence-electron chi connectivity index (χ0n) is 14.1. The third kappa shape index (κ3) is 4.58. The van der Waals surface area contributed by atoms with Crippen LogP contribution in [0.4, 0.5) is 10.8 Å². The molecule has 0 radical (unpaired) electrons. The first kappa shape index (κ1) is 17.0. The average Bonchev–Trinajstić information content (AvgIpc) is 3.10. The molecule has 5 nitrogen and oxygen atoms in total. The fourth-order valence-corrected chi connectivity index (χ4v) is 2.92. The number of hydrogen-bond donors (Lipinski definition) is 2. The molecule has 6 heteroatoms. The van der Waals surface area contributed by atoms with Crippen LogP contribution in [0.15, 0.2) is 53.9 Å². The van der Waals surface area contributed by atoms with Gasteiger partial charge in [0, 0.05) is 17.6 Å². The number of carbonyl (C=O) groups is 1. The van der Waals surface area contributed by atoms with E-state index >= 15 is 0 Å². The third-order valence-corrected chi connectivity index (χ3v) is 4.41. The summed E-state index contributed by atoms with van der Waals surface area (Å²) in [6, 6.07) is 15.6. The first-order chi connectivity index (χ1) is 12.1. The van der Waals surface area contributed by atoms with Gasteiger partial charge in [0.05, 0.1) is 7.11 Å². The molecule has 25 heavy (non-hydrogen) atoms. The first-order valence-electron chi connectivity index (χ1n) is 7.84. The van der Waals surface area contributed by atoms with Crippen molar-refractivity contribution >= 4 is 28.1 Å². The summed E-state index contributed by atoms with van der Waals surface area (Å²) >= 11 is 1.40. The standard InChI is InChI=1S/C19H19N3O2S/c1-13-3-7-15(8-4-13)21-19-22-17(12-25-19)18(23)20-11-14-5-9-16(24-2)10-6-14/h3-10,12H,11H2,1-2H3,(H,20,23)(H,21,22). The predicted octanol–water partition coefficient (Wildman–Crippen LogP) is 4.13. The quantitative estimate of drug-likeness (QED) is 0.699. The molecule has 0 saturated heterocycles. The molecule has 2 aromatic carbocycles. The molecule has 0 saturated carbocycles. The molecule has 0 aliphatic heterocycles. The largest absolute Gasteiger partial charge is 0.497 e. The van der Waals surface area contributed by atoms with Gasteiger partial charge in [0.2, 0.25) is 0 Å². The maximum Gasteiger partial charge on any atom is 0.271 e. The number of ether oxygens (including phenoxy) is 1. The smallest absolute Gasteiger partial charge is 0.271 e. The number of benzene rings is 2. The molecule has 0 spiro atoms. The molecule has 1 amide bonds. The molecule has 3 aromatic rings. The second-order valence-corrected chi connectivity index (χ2v) is 6.42. The summed E-state index contributed by atoms with van der Waals surface area (Å²) in [6.07, 6.45) is 0. The highest BCUT2D eigenvalue weighted by atomic mass is 32.1. The van der Waals surface area contributed by atoms with Gasteiger partial charge in [0.15, 0.2) is 5.13 Å². The number of hydrogen-bond acceptors (Lipinski definition) is 5. The molecule has 2 N–H and O–H groups in total. The van der Waals surface area contributed by atoms with Crippen LogP contribution in [-0.4, -0.2) is 18.0 Å². The number of aryl methyl sites for hydroxylation is 1. The number of anilines is 2. The summed E-state index contributed by atoms with van der Waals surface area (Å²) in [6.45, 7) is 2.49. The van der Waals surface area contributed by atoms with Gasteiger partial charge in [-0.25, -0.2) is 4.98 Å². The lowest BCUT2D eigenvalue weighted by molar-refractivity contribution is 0.0946. The maximum atomic E-state index is 12.2. The van der Waals surface area contributed by atoms with E-state index in [9.17, 15) is 4.79 Å². The van der Waals surface area contributed by atoms with Crippen LogP contribution in [0.1, 0.15) is 21.6 Å². The number of nitrogens with zero attached hydrogens (tertiary/aromatic N) is 1. The van der Waals surface area contributed by atoms with Crippen LogP contribution in [0, 0.1) is 6.92 Å². The highest BCUT2D eigenvalue weighted by Gasteiger charge is 2.10. The lowest BCUT2D eigenvalue weighted by atomic mass is 10.2. The van der Waals surface area contributed by atoms with Crippen LogP contribution in [0.25, 0.3) is 0 Å². The summed E-state index contributed by atoms with van der Waals surface area (Å²) in [5, 5.41) is 8.52. The van der Waals surface area contributed by atoms with Crippen LogP contribution >= 0.6 is 11.3 Å². The number of aromatic nitrogens is 1. The Balaban J connectivity index is 1.57. The van der Waals surface area contributed by atoms with Gasteiger partial charge in [-0.1, -0.05) is 29.8 Å². The number of rotatable bonds is 6. The summed E-state index contributed by atoms with van der Waals surface area (Å²) in [4.78, 5) is 16.6. The van der Waals surface area contributed by atoms with Crippen molar-refractivity contribution in [2.45, 2.75) is 13.5 Å². The van der Waals surface area contributed by atoms with Crippen molar-refractivity contribution in [3.8, 4) is 5.75 Å². The Morgan fingerprint density at radius 3 is 2.52 bits per heavy atom. The van der Waals surface area contributed by atoms with E-state index in [0.717, 1.165) is 17.0 Å². The monoisotopic (exact) mass is 353 g/mol. The van der Waals surface area contributed by atoms with Crippen molar-refractivity contribution in [2.24, 2.45) is 0 Å². The number of methoxy groups -OCH3 is 1. The minimum atomic E-state index is -0.191. The van der Waals surface area contributed by atoms with E-state index in [4.69, 9.17) is 4.74 Å². The highest BCUT2D eigenvalue weighted by Crippen LogP contribution is 2.21. The average molecular weight is 353 g/mol. The number of carbonyl (C=O) groups excluding carboxylic acids is 1. The molecule has 0 unspecified atom stereocenters. The summed E-state index contributed by atoms with van der Waals surface area (Å²) in [5.74, 6) is 0.602. The topological polar surface area (TPSA) is 63.2 Å². The van der Waals surface area contributed by atoms with Gasteiger partial charge in [0.1, 0.15) is 11.4 Å². The Labute approximate surface area is 150 Å². The number of amides is 1. The van der Waals surface area contributed by atoms with Gasteiger partial charge < -0.3 is 15.4 Å². The Morgan fingerprint density at radius 2 is 1.84 bits per heavy atom. The molecule has 1 heterocycles. The van der Waals surface area contributed by atoms with Crippen molar-refractivity contribution in [3.63, 3.8) is 0 Å². The van der Waals surface area contributed by atoms with Crippen LogP contribution in [0.5, 0.6) is 5.75 Å². The van der Waals surface area contributed by atoms with Crippen LogP contribution < -0.4 is 15.4 Å². The van der Waals surface area contributed by atoms with Gasteiger partial charge in [0.25, 0.3) is 5.91 Å². The van der Waals surface area contributed by atoms with Crippen molar-refractivity contribution < 1.29 is 9.53 Å². The van der Waals surface area contributed by atoms with Gasteiger partial charge in [-0.15, -0.1) is 11.3 Å². The van der Waals surface area contributed by atoms with E-state index in [0.29, 0.717) is 17.4 Å². The van der Waals surface area contributed by atoms with E-state index < -0.39 is 0 Å². The fraction of sp³-hybridized carbons (Fsp3) is 0.158. The van der Waals surface area contributed by atoms with E-state index in [-0.39, 0.29) is 5.91 Å². The molecule has 128 valence electrons. The zero-order chi connectivity index (χ0) is 17.6. The van der Waals surface area contributed by atoms with E-state index in [1.165, 1.54) is 16.9 Å². The van der Waals surface area contributed by atoms with Gasteiger partial charge in [-0.3, -0.25) is 4.79 Å². The molecule has 0 bridgehead atoms. The minimum absolute atomic E-state index is 0.191. The zero-order valence-corrected chi connectivity index (χ0v) is 14.9. The van der Waals surface area contributed by atoms with Crippen LogP contribution in [0.2, 0.25) is 0 Å². The lowest BCUT2D eigenvalue weighted by Gasteiger charge is -2.05. The molecule has 0 aliphatic rings. The van der Waals surface area contributed by atoms with Crippen molar-refractivity contribution in [1.82, 2.24) is 10.3 Å². The van der Waals surface area contributed by atoms with E-state index in [1.807, 2.05) is 55.5 Å². The van der Waals surface area contributed by atoms with Crippen LogP contribution in [0.3, 0.4) is 0 Å². The molecule has 0 atom stereocenters. The normalized spacial score (nSPS) is 10.3. The summed E-state index contributed by atoms with van der Waals surface area (Å²) < 4.78 is 5.12. The predicted molar refractivity (Wildman–Crippen MR) is 101 cm³/mol. The fourth-order valence-electron chi connectivity index (χ4n) is 2.21. The molecule has 0 aliphatic carbocycles. The first-order valence-corrected chi connectivity index (χ1v) is 8.72. The van der Waals surface area contributed by atoms with E-state index in [2.05, 4.69) is 15.6 Å². The molecule has 0 fully saturated rings. The molecular formula is C19H19N3O2S. The van der Waals surface area contributed by atoms with Crippen molar-refractivity contribution in [2.75, 3.05) is 12.4 Å². The lowest BCUT2D eigenvalue weighted by Crippen LogP contribution is -2.23. The van der Waals surface area contributed by atoms with Gasteiger partial charge >= 0.3 is 0 Å². The number of thiazole rings is 1.